The van der Waals surface area contributed by atoms with E-state index in [4.69, 9.17) is 9.47 Å². The number of ether oxygens (including phenoxy) is 2. The van der Waals surface area contributed by atoms with Crippen LogP contribution in [-0.2, 0) is 9.59 Å². The lowest BCUT2D eigenvalue weighted by Crippen LogP contribution is -2.38. The van der Waals surface area contributed by atoms with Gasteiger partial charge in [0.05, 0.1) is 6.61 Å². The molecule has 0 fully saturated rings. The van der Waals surface area contributed by atoms with E-state index >= 15 is 0 Å². The highest BCUT2D eigenvalue weighted by Gasteiger charge is 2.06. The van der Waals surface area contributed by atoms with E-state index in [0.717, 1.165) is 12.2 Å². The van der Waals surface area contributed by atoms with Crippen LogP contribution in [0.3, 0.4) is 0 Å². The van der Waals surface area contributed by atoms with E-state index in [-0.39, 0.29) is 24.3 Å². The molecule has 1 aromatic rings. The van der Waals surface area contributed by atoms with Crippen LogP contribution in [0, 0.1) is 5.92 Å². The van der Waals surface area contributed by atoms with Gasteiger partial charge in [0.15, 0.2) is 6.61 Å². The fourth-order valence-electron chi connectivity index (χ4n) is 1.64. The molecule has 6 nitrogen and oxygen atoms in total. The van der Waals surface area contributed by atoms with Gasteiger partial charge in [-0.2, -0.15) is 0 Å². The minimum atomic E-state index is -0.227. The number of benzene rings is 1. The summed E-state index contributed by atoms with van der Waals surface area (Å²) < 4.78 is 10.9. The third kappa shape index (κ3) is 8.09. The Labute approximate surface area is 137 Å². The molecule has 2 N–H and O–H groups in total. The quantitative estimate of drug-likeness (QED) is 0.643. The molecule has 0 heterocycles. The maximum atomic E-state index is 11.6. The lowest BCUT2D eigenvalue weighted by molar-refractivity contribution is -0.125. The van der Waals surface area contributed by atoms with Gasteiger partial charge in [-0.05, 0) is 30.7 Å². The first-order valence-electron chi connectivity index (χ1n) is 7.93. The standard InChI is InChI=1S/C17H26N2O4/c1-4-11-22-14-5-7-15(8-6-14)23-12-16(20)18-9-10-19-17(21)13(2)3/h5-8,13H,4,9-12H2,1-3H3,(H,18,20)(H,19,21). The van der Waals surface area contributed by atoms with Crippen molar-refractivity contribution in [3.63, 3.8) is 0 Å². The summed E-state index contributed by atoms with van der Waals surface area (Å²) in [6.45, 7) is 7.09. The van der Waals surface area contributed by atoms with Crippen molar-refractivity contribution in [3.8, 4) is 11.5 Å². The maximum Gasteiger partial charge on any atom is 0.258 e. The zero-order chi connectivity index (χ0) is 17.1. The van der Waals surface area contributed by atoms with E-state index in [2.05, 4.69) is 10.6 Å². The van der Waals surface area contributed by atoms with Crippen molar-refractivity contribution < 1.29 is 19.1 Å². The Bertz CT molecular complexity index is 486. The molecule has 128 valence electrons. The Morgan fingerprint density at radius 1 is 1.00 bits per heavy atom. The van der Waals surface area contributed by atoms with Crippen LogP contribution in [0.1, 0.15) is 27.2 Å². The second-order valence-corrected chi connectivity index (χ2v) is 5.40. The van der Waals surface area contributed by atoms with Crippen LogP contribution in [0.4, 0.5) is 0 Å². The average molecular weight is 322 g/mol. The van der Waals surface area contributed by atoms with Crippen molar-refractivity contribution >= 4 is 11.8 Å². The molecule has 0 saturated carbocycles. The first kappa shape index (κ1) is 18.8. The Morgan fingerprint density at radius 2 is 1.57 bits per heavy atom. The number of carbonyl (C=O) groups excluding carboxylic acids is 2. The summed E-state index contributed by atoms with van der Waals surface area (Å²) in [4.78, 5) is 23.0. The van der Waals surface area contributed by atoms with Crippen molar-refractivity contribution in [3.05, 3.63) is 24.3 Å². The molecule has 0 aromatic heterocycles. The summed E-state index contributed by atoms with van der Waals surface area (Å²) in [5, 5.41) is 5.41. The number of hydrogen-bond donors (Lipinski definition) is 2. The molecule has 6 heteroatoms. The van der Waals surface area contributed by atoms with Crippen molar-refractivity contribution in [2.75, 3.05) is 26.3 Å². The fourth-order valence-corrected chi connectivity index (χ4v) is 1.64. The Kier molecular flexibility index (Phi) is 8.57. The van der Waals surface area contributed by atoms with Crippen LogP contribution in [0.25, 0.3) is 0 Å². The summed E-state index contributed by atoms with van der Waals surface area (Å²) in [6, 6.07) is 7.15. The lowest BCUT2D eigenvalue weighted by atomic mass is 10.2. The van der Waals surface area contributed by atoms with Gasteiger partial charge in [-0.25, -0.2) is 0 Å². The van der Waals surface area contributed by atoms with Gasteiger partial charge in [0, 0.05) is 19.0 Å². The highest BCUT2D eigenvalue weighted by Crippen LogP contribution is 2.17. The fraction of sp³-hybridized carbons (Fsp3) is 0.529. The van der Waals surface area contributed by atoms with Crippen LogP contribution in [0.5, 0.6) is 11.5 Å². The lowest BCUT2D eigenvalue weighted by Gasteiger charge is -2.10. The van der Waals surface area contributed by atoms with Gasteiger partial charge in [-0.1, -0.05) is 20.8 Å². The van der Waals surface area contributed by atoms with Gasteiger partial charge >= 0.3 is 0 Å². The minimum Gasteiger partial charge on any atom is -0.494 e. The molecule has 0 atom stereocenters. The van der Waals surface area contributed by atoms with Gasteiger partial charge in [-0.15, -0.1) is 0 Å². The molecule has 0 aliphatic carbocycles. The topological polar surface area (TPSA) is 76.7 Å². The van der Waals surface area contributed by atoms with E-state index in [1.165, 1.54) is 0 Å². The van der Waals surface area contributed by atoms with Gasteiger partial charge in [0.1, 0.15) is 11.5 Å². The van der Waals surface area contributed by atoms with Crippen LogP contribution in [0.2, 0.25) is 0 Å². The SMILES string of the molecule is CCCOc1ccc(OCC(=O)NCCNC(=O)C(C)C)cc1. The van der Waals surface area contributed by atoms with E-state index in [1.807, 2.05) is 32.9 Å². The zero-order valence-corrected chi connectivity index (χ0v) is 14.1. The molecule has 0 saturated heterocycles. The van der Waals surface area contributed by atoms with E-state index in [1.54, 1.807) is 12.1 Å². The Hall–Kier alpha value is -2.24. The van der Waals surface area contributed by atoms with Crippen LogP contribution >= 0.6 is 0 Å². The van der Waals surface area contributed by atoms with E-state index in [9.17, 15) is 9.59 Å². The molecule has 0 aliphatic rings. The highest BCUT2D eigenvalue weighted by molar-refractivity contribution is 5.78. The molecule has 0 bridgehead atoms. The molecule has 1 rings (SSSR count). The molecular weight excluding hydrogens is 296 g/mol. The van der Waals surface area contributed by atoms with Crippen LogP contribution in [0.15, 0.2) is 24.3 Å². The predicted octanol–water partition coefficient (Wildman–Crippen LogP) is 1.74. The van der Waals surface area contributed by atoms with Gasteiger partial charge in [0.25, 0.3) is 5.91 Å². The minimum absolute atomic E-state index is 0.0270. The molecule has 0 aliphatic heterocycles. The third-order valence-corrected chi connectivity index (χ3v) is 2.94. The van der Waals surface area contributed by atoms with Crippen molar-refractivity contribution in [2.24, 2.45) is 5.92 Å². The number of hydrogen-bond acceptors (Lipinski definition) is 4. The second kappa shape index (κ2) is 10.5. The smallest absolute Gasteiger partial charge is 0.258 e. The molecule has 2 amide bonds. The summed E-state index contributed by atoms with van der Waals surface area (Å²) in [5.74, 6) is 1.08. The Morgan fingerprint density at radius 3 is 2.13 bits per heavy atom. The number of carbonyl (C=O) groups is 2. The molecular formula is C17H26N2O4. The van der Waals surface area contributed by atoms with E-state index < -0.39 is 0 Å². The van der Waals surface area contributed by atoms with Crippen molar-refractivity contribution in [2.45, 2.75) is 27.2 Å². The summed E-state index contributed by atoms with van der Waals surface area (Å²) in [5.41, 5.74) is 0. The molecule has 1 aromatic carbocycles. The van der Waals surface area contributed by atoms with Crippen molar-refractivity contribution in [1.82, 2.24) is 10.6 Å². The average Bonchev–Trinajstić information content (AvgIpc) is 2.55. The maximum absolute atomic E-state index is 11.6. The number of amides is 2. The molecule has 23 heavy (non-hydrogen) atoms. The van der Waals surface area contributed by atoms with E-state index in [0.29, 0.717) is 25.4 Å². The summed E-state index contributed by atoms with van der Waals surface area (Å²) in [7, 11) is 0. The van der Waals surface area contributed by atoms with Crippen molar-refractivity contribution in [1.29, 1.82) is 0 Å². The number of nitrogens with one attached hydrogen (secondary N) is 2. The Balaban J connectivity index is 2.19. The normalized spacial score (nSPS) is 10.3. The molecule has 0 unspecified atom stereocenters. The monoisotopic (exact) mass is 322 g/mol. The van der Waals surface area contributed by atoms with Gasteiger partial charge in [0.2, 0.25) is 5.91 Å². The predicted molar refractivity (Wildman–Crippen MR) is 88.6 cm³/mol. The molecule has 0 spiro atoms. The largest absolute Gasteiger partial charge is 0.494 e. The first-order chi connectivity index (χ1) is 11.0. The highest BCUT2D eigenvalue weighted by atomic mass is 16.5. The first-order valence-corrected chi connectivity index (χ1v) is 7.93. The summed E-state index contributed by atoms with van der Waals surface area (Å²) >= 11 is 0. The van der Waals surface area contributed by atoms with Gasteiger partial charge in [-0.3, -0.25) is 9.59 Å². The number of rotatable bonds is 10. The molecule has 0 radical (unpaired) electrons. The third-order valence-electron chi connectivity index (χ3n) is 2.94. The van der Waals surface area contributed by atoms with Crippen LogP contribution < -0.4 is 20.1 Å². The zero-order valence-electron chi connectivity index (χ0n) is 14.1. The second-order valence-electron chi connectivity index (χ2n) is 5.40. The summed E-state index contributed by atoms with van der Waals surface area (Å²) in [6.07, 6.45) is 0.954. The van der Waals surface area contributed by atoms with Crippen LogP contribution in [-0.4, -0.2) is 38.1 Å². The van der Waals surface area contributed by atoms with Gasteiger partial charge < -0.3 is 20.1 Å².